The summed E-state index contributed by atoms with van der Waals surface area (Å²) >= 11 is 0. The van der Waals surface area contributed by atoms with Crippen molar-refractivity contribution in [3.05, 3.63) is 59.9 Å². The zero-order chi connectivity index (χ0) is 17.4. The number of pyridine rings is 1. The van der Waals surface area contributed by atoms with E-state index in [0.29, 0.717) is 11.7 Å². The second-order valence-electron chi connectivity index (χ2n) is 4.96. The molecule has 23 heavy (non-hydrogen) atoms. The summed E-state index contributed by atoms with van der Waals surface area (Å²) in [6.07, 6.45) is 1.54. The van der Waals surface area contributed by atoms with E-state index in [4.69, 9.17) is 0 Å². The molecule has 0 aliphatic rings. The van der Waals surface area contributed by atoms with Crippen LogP contribution in [0.4, 0.5) is 0 Å². The molecule has 0 radical (unpaired) electrons. The molecule has 0 amide bonds. The van der Waals surface area contributed by atoms with E-state index >= 15 is 0 Å². The quantitative estimate of drug-likeness (QED) is 0.449. The average molecular weight is 312 g/mol. The van der Waals surface area contributed by atoms with E-state index in [-0.39, 0.29) is 0 Å². The van der Waals surface area contributed by atoms with Crippen LogP contribution in [0.5, 0.6) is 0 Å². The smallest absolute Gasteiger partial charge is 0.240 e. The Bertz CT molecular complexity index is 729. The predicted octanol–water partition coefficient (Wildman–Crippen LogP) is 5.58. The maximum Gasteiger partial charge on any atom is 0.240 e. The number of benzene rings is 1. The van der Waals surface area contributed by atoms with Crippen LogP contribution in [0, 0.1) is 5.21 Å². The van der Waals surface area contributed by atoms with Crippen LogP contribution in [-0.4, -0.2) is 4.57 Å². The Morgan fingerprint density at radius 3 is 2.13 bits per heavy atom. The lowest BCUT2D eigenvalue weighted by atomic mass is 10.2. The molecule has 0 atom stereocenters. The molecule has 3 rings (SSSR count). The zero-order valence-electron chi connectivity index (χ0n) is 15.1. The first-order chi connectivity index (χ1) is 11.2. The molecule has 0 N–H and O–H groups in total. The van der Waals surface area contributed by atoms with E-state index in [0.717, 1.165) is 21.3 Å². The minimum absolute atomic E-state index is 0.301. The largest absolute Gasteiger partial charge is 0.618 e. The molecule has 2 aromatic heterocycles. The Morgan fingerprint density at radius 2 is 1.52 bits per heavy atom. The van der Waals surface area contributed by atoms with E-state index in [1.165, 1.54) is 6.20 Å². The number of aromatic nitrogens is 2. The monoisotopic (exact) mass is 312 g/mol. The van der Waals surface area contributed by atoms with Crippen molar-refractivity contribution in [3.63, 3.8) is 0 Å². The summed E-state index contributed by atoms with van der Waals surface area (Å²) in [5.74, 6) is 0. The van der Waals surface area contributed by atoms with Crippen molar-refractivity contribution < 1.29 is 4.73 Å². The zero-order valence-corrected chi connectivity index (χ0v) is 15.1. The molecule has 0 aliphatic heterocycles. The molecule has 0 unspecified atom stereocenters. The number of para-hydroxylation sites is 1. The summed E-state index contributed by atoms with van der Waals surface area (Å²) in [7, 11) is 0. The van der Waals surface area contributed by atoms with E-state index in [9.17, 15) is 5.21 Å². The molecule has 0 saturated carbocycles. The second-order valence-corrected chi connectivity index (χ2v) is 4.96. The van der Waals surface area contributed by atoms with Crippen molar-refractivity contribution in [2.45, 2.75) is 47.6 Å². The summed E-state index contributed by atoms with van der Waals surface area (Å²) in [4.78, 5) is 0. The fourth-order valence-corrected chi connectivity index (χ4v) is 2.56. The van der Waals surface area contributed by atoms with Crippen LogP contribution in [-0.2, 0) is 0 Å². The highest BCUT2D eigenvalue weighted by atomic mass is 16.5. The van der Waals surface area contributed by atoms with Gasteiger partial charge in [-0.05, 0) is 32.0 Å². The first-order valence-corrected chi connectivity index (χ1v) is 8.47. The standard InChI is InChI=1S/C16H16N2O.2C2H6/c1-12(2)18-14-8-4-3-7-13(14)11-16(18)15-9-5-6-10-17(15)19;2*1-2/h3-12H,1-2H3;2*1-2H3. The number of nitrogens with zero attached hydrogens (tertiary/aromatic N) is 2. The van der Waals surface area contributed by atoms with Crippen molar-refractivity contribution in [2.24, 2.45) is 0 Å². The Labute approximate surface area is 139 Å². The number of hydrogen-bond donors (Lipinski definition) is 0. The summed E-state index contributed by atoms with van der Waals surface area (Å²) in [6, 6.07) is 16.1. The fourth-order valence-electron chi connectivity index (χ4n) is 2.56. The topological polar surface area (TPSA) is 31.9 Å². The van der Waals surface area contributed by atoms with Crippen LogP contribution in [0.1, 0.15) is 47.6 Å². The molecule has 0 bridgehead atoms. The molecule has 3 nitrogen and oxygen atoms in total. The lowest BCUT2D eigenvalue weighted by Crippen LogP contribution is -2.28. The highest BCUT2D eigenvalue weighted by Crippen LogP contribution is 2.29. The van der Waals surface area contributed by atoms with Gasteiger partial charge in [-0.3, -0.25) is 0 Å². The van der Waals surface area contributed by atoms with Gasteiger partial charge >= 0.3 is 0 Å². The molecule has 0 saturated heterocycles. The number of rotatable bonds is 2. The molecule has 3 heteroatoms. The van der Waals surface area contributed by atoms with Gasteiger partial charge in [0.1, 0.15) is 5.69 Å². The van der Waals surface area contributed by atoms with E-state index < -0.39 is 0 Å². The molecule has 0 spiro atoms. The number of fused-ring (bicyclic) bond motifs is 1. The third-order valence-electron chi connectivity index (χ3n) is 3.35. The molecular weight excluding hydrogens is 284 g/mol. The maximum absolute atomic E-state index is 12.0. The van der Waals surface area contributed by atoms with Gasteiger partial charge < -0.3 is 9.77 Å². The predicted molar refractivity (Wildman–Crippen MR) is 99.4 cm³/mol. The van der Waals surface area contributed by atoms with Crippen molar-refractivity contribution in [3.8, 4) is 11.4 Å². The fraction of sp³-hybridized carbons (Fsp3) is 0.350. The van der Waals surface area contributed by atoms with Crippen molar-refractivity contribution in [1.82, 2.24) is 4.57 Å². The average Bonchev–Trinajstić information content (AvgIpc) is 2.98. The molecular formula is C20H28N2O. The van der Waals surface area contributed by atoms with Gasteiger partial charge in [-0.15, -0.1) is 0 Å². The summed E-state index contributed by atoms with van der Waals surface area (Å²) in [5.41, 5.74) is 2.82. The molecule has 2 heterocycles. The van der Waals surface area contributed by atoms with Gasteiger partial charge in [-0.2, -0.15) is 4.73 Å². The highest BCUT2D eigenvalue weighted by molar-refractivity contribution is 5.86. The van der Waals surface area contributed by atoms with Gasteiger partial charge in [-0.25, -0.2) is 0 Å². The van der Waals surface area contributed by atoms with Gasteiger partial charge in [0, 0.05) is 29.1 Å². The Morgan fingerprint density at radius 1 is 0.913 bits per heavy atom. The lowest BCUT2D eigenvalue weighted by Gasteiger charge is -2.14. The second kappa shape index (κ2) is 8.99. The molecule has 1 aromatic carbocycles. The van der Waals surface area contributed by atoms with Crippen LogP contribution in [0.2, 0.25) is 0 Å². The summed E-state index contributed by atoms with van der Waals surface area (Å²) in [5, 5.41) is 13.1. The first kappa shape index (κ1) is 18.8. The van der Waals surface area contributed by atoms with Gasteiger partial charge in [-0.1, -0.05) is 45.9 Å². The van der Waals surface area contributed by atoms with Crippen LogP contribution in [0.15, 0.2) is 54.7 Å². The van der Waals surface area contributed by atoms with Crippen LogP contribution in [0.3, 0.4) is 0 Å². The molecule has 0 aliphatic carbocycles. The van der Waals surface area contributed by atoms with Crippen LogP contribution in [0.25, 0.3) is 22.3 Å². The van der Waals surface area contributed by atoms with Crippen LogP contribution >= 0.6 is 0 Å². The van der Waals surface area contributed by atoms with Gasteiger partial charge in [0.25, 0.3) is 0 Å². The van der Waals surface area contributed by atoms with Gasteiger partial charge in [0.2, 0.25) is 5.69 Å². The van der Waals surface area contributed by atoms with Crippen LogP contribution < -0.4 is 4.73 Å². The van der Waals surface area contributed by atoms with Gasteiger partial charge in [0.15, 0.2) is 6.20 Å². The molecule has 124 valence electrons. The lowest BCUT2D eigenvalue weighted by molar-refractivity contribution is -0.593. The number of hydrogen-bond acceptors (Lipinski definition) is 1. The molecule has 0 fully saturated rings. The van der Waals surface area contributed by atoms with Gasteiger partial charge in [0.05, 0.1) is 0 Å². The van der Waals surface area contributed by atoms with Crippen molar-refractivity contribution in [2.75, 3.05) is 0 Å². The minimum atomic E-state index is 0.301. The van der Waals surface area contributed by atoms with E-state index in [1.54, 1.807) is 6.07 Å². The SMILES string of the molecule is CC.CC.CC(C)n1c(-c2cccc[n+]2[O-])cc2ccccc21. The Hall–Kier alpha value is -2.29. The highest BCUT2D eigenvalue weighted by Gasteiger charge is 2.17. The summed E-state index contributed by atoms with van der Waals surface area (Å²) in [6.45, 7) is 12.3. The van der Waals surface area contributed by atoms with Crippen molar-refractivity contribution >= 4 is 10.9 Å². The molecule has 3 aromatic rings. The van der Waals surface area contributed by atoms with E-state index in [2.05, 4.69) is 36.6 Å². The van der Waals surface area contributed by atoms with Crippen molar-refractivity contribution in [1.29, 1.82) is 0 Å². The third-order valence-corrected chi connectivity index (χ3v) is 3.35. The third kappa shape index (κ3) is 3.92. The Balaban J connectivity index is 0.000000615. The normalized spacial score (nSPS) is 9.87. The first-order valence-electron chi connectivity index (χ1n) is 8.47. The summed E-state index contributed by atoms with van der Waals surface area (Å²) < 4.78 is 3.13. The Kier molecular flexibility index (Phi) is 7.33. The van der Waals surface area contributed by atoms with E-state index in [1.807, 2.05) is 52.0 Å². The minimum Gasteiger partial charge on any atom is -0.618 e. The maximum atomic E-state index is 12.0.